The molecular weight excluding hydrogens is 1550 g/mol. The molecule has 0 aromatic heterocycles. The predicted molar refractivity (Wildman–Crippen MR) is 422 cm³/mol. The number of primary amides is 1. The van der Waals surface area contributed by atoms with E-state index in [0.717, 1.165) is 13.0 Å². The Morgan fingerprint density at radius 3 is 1.61 bits per heavy atom. The van der Waals surface area contributed by atoms with Gasteiger partial charge in [-0.3, -0.25) is 101 Å². The Morgan fingerprint density at radius 2 is 1.08 bits per heavy atom. The van der Waals surface area contributed by atoms with Crippen LogP contribution in [0.2, 0.25) is 0 Å². The van der Waals surface area contributed by atoms with Gasteiger partial charge in [-0.15, -0.1) is 0 Å². The quantitative estimate of drug-likeness (QED) is 0.0138. The van der Waals surface area contributed by atoms with Gasteiger partial charge in [0.05, 0.1) is 25.8 Å². The molecule has 2 aliphatic rings. The molecule has 118 heavy (non-hydrogen) atoms. The average Bonchev–Trinajstić information content (AvgIpc) is 0.837. The molecule has 3 rings (SSSR count). The maximum absolute atomic E-state index is 14.9. The van der Waals surface area contributed by atoms with E-state index in [1.165, 1.54) is 6.92 Å². The lowest BCUT2D eigenvalue weighted by molar-refractivity contribution is -0.141. The topological polar surface area (TPSA) is 674 Å². The minimum absolute atomic E-state index is 0.00783. The van der Waals surface area contributed by atoms with Crippen LogP contribution >= 0.6 is 0 Å². The number of aliphatic carboxylic acids is 2. The summed E-state index contributed by atoms with van der Waals surface area (Å²) < 4.78 is 0. The van der Waals surface area contributed by atoms with Crippen molar-refractivity contribution in [2.75, 3.05) is 32.7 Å². The molecule has 1 aromatic carbocycles. The van der Waals surface area contributed by atoms with Gasteiger partial charge in [-0.05, 0) is 101 Å². The van der Waals surface area contributed by atoms with Gasteiger partial charge in [-0.2, -0.15) is 0 Å². The van der Waals surface area contributed by atoms with E-state index < -0.39 is 266 Å². The van der Waals surface area contributed by atoms with Gasteiger partial charge in [0, 0.05) is 45.9 Å². The third-order valence-corrected chi connectivity index (χ3v) is 19.1. The van der Waals surface area contributed by atoms with Crippen molar-refractivity contribution in [3.63, 3.8) is 0 Å². The van der Waals surface area contributed by atoms with Crippen molar-refractivity contribution >= 4 is 124 Å². The number of guanidine groups is 1. The van der Waals surface area contributed by atoms with Crippen LogP contribution in [0.4, 0.5) is 0 Å². The zero-order chi connectivity index (χ0) is 88.5. The second-order valence-electron chi connectivity index (χ2n) is 29.3. The van der Waals surface area contributed by atoms with E-state index in [0.29, 0.717) is 5.56 Å². The van der Waals surface area contributed by atoms with Crippen molar-refractivity contribution in [3.05, 3.63) is 48.6 Å². The predicted octanol–water partition coefficient (Wildman–Crippen LogP) is -6.40. The lowest BCUT2D eigenvalue weighted by Crippen LogP contribution is -2.62. The molecule has 0 aliphatic carbocycles. The Bertz CT molecular complexity index is 3750. The summed E-state index contributed by atoms with van der Waals surface area (Å²) in [4.78, 5) is 274. The van der Waals surface area contributed by atoms with Crippen molar-refractivity contribution in [3.8, 4) is 0 Å². The fraction of sp³-hybridized carbons (Fsp3) is 0.613. The molecule has 0 radical (unpaired) electrons. The molecule has 2 heterocycles. The number of hydrogen-bond acceptors (Lipinski definition) is 21. The molecule has 654 valence electrons. The number of rotatable bonds is 32. The normalized spacial score (nSPS) is 22.4. The molecule has 2 saturated heterocycles. The molecular formula is C75H117N21O22. The number of nitrogens with one attached hydrogen (secondary N) is 19. The van der Waals surface area contributed by atoms with Gasteiger partial charge in [0.2, 0.25) is 106 Å². The van der Waals surface area contributed by atoms with Crippen molar-refractivity contribution in [1.29, 1.82) is 5.41 Å². The fourth-order valence-electron chi connectivity index (χ4n) is 12.1. The summed E-state index contributed by atoms with van der Waals surface area (Å²) in [5.41, 5.74) is 11.8. The van der Waals surface area contributed by atoms with Gasteiger partial charge in [-0.1, -0.05) is 91.3 Å². The first-order chi connectivity index (χ1) is 55.7. The second kappa shape index (κ2) is 51.6. The third-order valence-electron chi connectivity index (χ3n) is 19.1. The molecule has 43 heteroatoms. The smallest absolute Gasteiger partial charge is 0.305 e. The maximum Gasteiger partial charge on any atom is 0.305 e. The molecule has 15 unspecified atom stereocenters. The standard InChI is InChI=1S/C75H117N21O22/c1-10-39(6)60-73(117)83-37-57(101)86-52(35-59(104)105)71(115)93-51(70(114)90-48(62(76)106)32-43-21-14-13-15-22-43)34-56(100)80-29-19-17-24-45(67(111)95-60)87-65(109)46(25-20-30-81-75(77)78)88-68(112)49(31-38(4)5)92-66(110)47(26-27-58(102)103)89-69(113)50-33-55(99)79-28-18-16-23-44(85-42(9)97)64(108)94-53(36-82-54(98)12-3)72(116)96-61(40(7)11-2)74(118)84-41(8)63(107)91-50/h12-15,21-22,38-41,44-53,60-61H,3,10-11,16-20,23-37H2,1-2,4-9H3,(H2,76,106)(H,79,99)(H,80,100)(H,82,98)(H,83,117)(H,84,118)(H,85,97)(H,86,101)(H,87,109)(H,88,112)(H,89,113)(H,90,114)(H,91,107)(H,92,110)(H,93,115)(H,94,108)(H,95,111)(H,96,116)(H,102,103)(H,104,105)(H4,77,78,81). The zero-order valence-electron chi connectivity index (χ0n) is 67.7. The maximum atomic E-state index is 14.9. The highest BCUT2D eigenvalue weighted by Crippen LogP contribution is 2.16. The summed E-state index contributed by atoms with van der Waals surface area (Å²) in [6, 6.07) is -12.8. The van der Waals surface area contributed by atoms with Gasteiger partial charge < -0.3 is 117 Å². The SMILES string of the molecule is C=CC(=O)NCC1NC(=O)C(NC(C)=O)CCCCNC(=O)CC(C(=O)NC(CCC(=O)O)C(=O)NC(CC(C)C)C(=O)NC(CCCNC(=N)N)C(=O)NC2CCCCNC(=O)CC(C(=O)NC(Cc3ccccc3)C(N)=O)NC(=O)C(CC(=O)O)NC(=O)CNC(=O)C(C(C)CC)NC2=O)NC(=O)C(C)NC(=O)C(C(C)CC)NC1=O. The first kappa shape index (κ1) is 99.8. The van der Waals surface area contributed by atoms with Crippen LogP contribution in [0.1, 0.15) is 164 Å². The van der Waals surface area contributed by atoms with E-state index in [4.69, 9.17) is 16.9 Å². The van der Waals surface area contributed by atoms with Crippen LogP contribution in [0, 0.1) is 23.2 Å². The van der Waals surface area contributed by atoms with Crippen molar-refractivity contribution < 1.29 is 106 Å². The van der Waals surface area contributed by atoms with Crippen molar-refractivity contribution in [2.24, 2.45) is 29.2 Å². The molecule has 0 bridgehead atoms. The highest BCUT2D eigenvalue weighted by molar-refractivity contribution is 6.02. The van der Waals surface area contributed by atoms with Gasteiger partial charge in [0.25, 0.3) is 0 Å². The zero-order valence-corrected chi connectivity index (χ0v) is 67.7. The molecule has 25 N–H and O–H groups in total. The van der Waals surface area contributed by atoms with Gasteiger partial charge >= 0.3 is 11.9 Å². The van der Waals surface area contributed by atoms with E-state index >= 15 is 0 Å². The number of carbonyl (C=O) groups is 20. The van der Waals surface area contributed by atoms with Crippen LogP contribution < -0.4 is 107 Å². The van der Waals surface area contributed by atoms with E-state index in [1.54, 1.807) is 71.9 Å². The van der Waals surface area contributed by atoms with Crippen LogP contribution in [0.5, 0.6) is 0 Å². The van der Waals surface area contributed by atoms with Crippen LogP contribution in [0.25, 0.3) is 0 Å². The minimum Gasteiger partial charge on any atom is -0.481 e. The lowest BCUT2D eigenvalue weighted by atomic mass is 9.97. The average molecular weight is 1660 g/mol. The lowest BCUT2D eigenvalue weighted by Gasteiger charge is -2.29. The molecule has 15 atom stereocenters. The van der Waals surface area contributed by atoms with Crippen molar-refractivity contribution in [2.45, 2.75) is 243 Å². The van der Waals surface area contributed by atoms with Gasteiger partial charge in [-0.25, -0.2) is 0 Å². The summed E-state index contributed by atoms with van der Waals surface area (Å²) in [6.07, 6.45) is -3.55. The first-order valence-electron chi connectivity index (χ1n) is 39.1. The van der Waals surface area contributed by atoms with E-state index in [-0.39, 0.29) is 96.7 Å². The van der Waals surface area contributed by atoms with E-state index in [1.807, 2.05) is 0 Å². The van der Waals surface area contributed by atoms with Crippen molar-refractivity contribution in [1.82, 2.24) is 95.7 Å². The minimum atomic E-state index is -1.93. The Labute approximate surface area is 682 Å². The monoisotopic (exact) mass is 1660 g/mol. The number of carboxylic acid groups (broad SMARTS) is 2. The molecule has 0 spiro atoms. The number of carbonyl (C=O) groups excluding carboxylic acids is 18. The molecule has 2 aliphatic heterocycles. The summed E-state index contributed by atoms with van der Waals surface area (Å²) >= 11 is 0. The van der Waals surface area contributed by atoms with E-state index in [9.17, 15) is 106 Å². The molecule has 1 aromatic rings. The summed E-state index contributed by atoms with van der Waals surface area (Å²) in [7, 11) is 0. The second-order valence-corrected chi connectivity index (χ2v) is 29.3. The molecule has 2 fully saturated rings. The number of benzene rings is 1. The third kappa shape index (κ3) is 37.1. The molecule has 18 amide bonds. The number of amides is 18. The summed E-state index contributed by atoms with van der Waals surface area (Å²) in [5.74, 6) is -23.3. The largest absolute Gasteiger partial charge is 0.481 e. The summed E-state index contributed by atoms with van der Waals surface area (Å²) in [5, 5.41) is 72.0. The number of carboxylic acids is 2. The van der Waals surface area contributed by atoms with Gasteiger partial charge in [0.1, 0.15) is 78.5 Å². The molecule has 43 nitrogen and oxygen atoms in total. The fourth-order valence-corrected chi connectivity index (χ4v) is 12.1. The van der Waals surface area contributed by atoms with E-state index in [2.05, 4.69) is 102 Å². The van der Waals surface area contributed by atoms with Gasteiger partial charge in [0.15, 0.2) is 5.96 Å². The Morgan fingerprint density at radius 1 is 0.559 bits per heavy atom. The number of hydrogen-bond donors (Lipinski definition) is 23. The highest BCUT2D eigenvalue weighted by Gasteiger charge is 2.40. The highest BCUT2D eigenvalue weighted by atomic mass is 16.4. The van der Waals surface area contributed by atoms with Crippen LogP contribution in [0.15, 0.2) is 43.0 Å². The summed E-state index contributed by atoms with van der Waals surface area (Å²) in [6.45, 7) is 13.7. The van der Waals surface area contributed by atoms with Crippen LogP contribution in [0.3, 0.4) is 0 Å². The first-order valence-corrected chi connectivity index (χ1v) is 39.1. The number of nitrogens with two attached hydrogens (primary N) is 2. The Balaban J connectivity index is 2.08. The Hall–Kier alpha value is -12.4. The van der Waals surface area contributed by atoms with Crippen LogP contribution in [-0.4, -0.2) is 246 Å². The Kier molecular flexibility index (Phi) is 43.6. The molecule has 0 saturated carbocycles. The van der Waals surface area contributed by atoms with Crippen LogP contribution in [-0.2, 0) is 102 Å².